The van der Waals surface area contributed by atoms with Gasteiger partial charge in [-0.2, -0.15) is 0 Å². The Morgan fingerprint density at radius 1 is 1.25 bits per heavy atom. The highest BCUT2D eigenvalue weighted by Crippen LogP contribution is 2.41. The van der Waals surface area contributed by atoms with Gasteiger partial charge < -0.3 is 29.2 Å². The molecule has 0 atom stereocenters. The smallest absolute Gasteiger partial charge is 0.302 e. The van der Waals surface area contributed by atoms with E-state index in [2.05, 4.69) is 19.2 Å². The van der Waals surface area contributed by atoms with Crippen molar-refractivity contribution in [2.24, 2.45) is 0 Å². The average Bonchev–Trinajstić information content (AvgIpc) is 3.33. The number of hydrogen-bond acceptors (Lipinski definition) is 8. The van der Waals surface area contributed by atoms with E-state index < -0.39 is 11.5 Å². The van der Waals surface area contributed by atoms with Crippen LogP contribution in [0, 0.1) is 0 Å². The zero-order valence-corrected chi connectivity index (χ0v) is 18.0. The Labute approximate surface area is 183 Å². The fraction of sp³-hybridized carbons (Fsp3) is 0.348. The van der Waals surface area contributed by atoms with E-state index in [0.717, 1.165) is 22.0 Å². The van der Waals surface area contributed by atoms with Gasteiger partial charge in [0.05, 0.1) is 29.0 Å². The first-order valence-electron chi connectivity index (χ1n) is 10.4. The Bertz CT molecular complexity index is 1330. The van der Waals surface area contributed by atoms with E-state index in [1.807, 2.05) is 12.1 Å². The van der Waals surface area contributed by atoms with Crippen LogP contribution >= 0.6 is 0 Å². The molecule has 2 aliphatic heterocycles. The van der Waals surface area contributed by atoms with Gasteiger partial charge in [-0.15, -0.1) is 0 Å². The van der Waals surface area contributed by atoms with Crippen molar-refractivity contribution in [3.63, 3.8) is 0 Å². The van der Waals surface area contributed by atoms with Gasteiger partial charge in [-0.3, -0.25) is 9.59 Å². The minimum Gasteiger partial charge on any atom is -0.507 e. The highest BCUT2D eigenvalue weighted by Gasteiger charge is 2.29. The molecule has 0 saturated carbocycles. The maximum Gasteiger partial charge on any atom is 0.302 e. The van der Waals surface area contributed by atoms with Gasteiger partial charge >= 0.3 is 5.97 Å². The Hall–Kier alpha value is -3.59. The Kier molecular flexibility index (Phi) is 4.78. The molecule has 2 N–H and O–H groups in total. The highest BCUT2D eigenvalue weighted by molar-refractivity contribution is 5.90. The molecule has 2 aromatic heterocycles. The summed E-state index contributed by atoms with van der Waals surface area (Å²) in [6.45, 7) is 6.16. The number of carbonyl (C=O) groups is 1. The minimum absolute atomic E-state index is 0.0453. The summed E-state index contributed by atoms with van der Waals surface area (Å²) in [5.41, 5.74) is 3.46. The third-order valence-electron chi connectivity index (χ3n) is 5.74. The molecular weight excluding hydrogens is 414 g/mol. The van der Waals surface area contributed by atoms with E-state index in [0.29, 0.717) is 36.0 Å². The van der Waals surface area contributed by atoms with Crippen molar-refractivity contribution in [2.75, 3.05) is 6.79 Å². The van der Waals surface area contributed by atoms with E-state index in [9.17, 15) is 14.7 Å². The molecule has 0 radical (unpaired) electrons. The SMILES string of the molecule is CC(=O)OCc1c(O)cc2n(c1=O)Cc1c-2nc2cc3c(cc2c1CNC(C)C)OCO3. The maximum absolute atomic E-state index is 13.1. The number of ether oxygens (including phenoxy) is 3. The van der Waals surface area contributed by atoms with E-state index in [1.54, 1.807) is 4.57 Å². The Morgan fingerprint density at radius 3 is 2.72 bits per heavy atom. The molecule has 0 spiro atoms. The summed E-state index contributed by atoms with van der Waals surface area (Å²) >= 11 is 0. The second kappa shape index (κ2) is 7.52. The second-order valence-corrected chi connectivity index (χ2v) is 8.24. The highest BCUT2D eigenvalue weighted by atomic mass is 16.7. The normalized spacial score (nSPS) is 13.5. The number of esters is 1. The van der Waals surface area contributed by atoms with Crippen LogP contribution in [0.5, 0.6) is 17.2 Å². The van der Waals surface area contributed by atoms with E-state index in [-0.39, 0.29) is 30.8 Å². The van der Waals surface area contributed by atoms with E-state index >= 15 is 0 Å². The molecule has 5 rings (SSSR count). The molecule has 0 bridgehead atoms. The maximum atomic E-state index is 13.1. The molecule has 9 nitrogen and oxygen atoms in total. The van der Waals surface area contributed by atoms with Crippen LogP contribution in [0.1, 0.15) is 37.5 Å². The van der Waals surface area contributed by atoms with Crippen molar-refractivity contribution in [3.8, 4) is 28.6 Å². The number of aromatic nitrogens is 2. The lowest BCUT2D eigenvalue weighted by atomic mass is 9.99. The molecule has 3 aromatic rings. The molecule has 32 heavy (non-hydrogen) atoms. The molecule has 0 saturated heterocycles. The standard InChI is InChI=1S/C23H23N3O6/c1-11(2)24-7-14-13-4-20-21(32-10-31-20)5-17(13)25-22-15(14)8-26-18(22)6-19(28)16(23(26)29)9-30-12(3)27/h4-6,11,24,28H,7-10H2,1-3H3. The van der Waals surface area contributed by atoms with Crippen LogP contribution < -0.4 is 20.3 Å². The fourth-order valence-corrected chi connectivity index (χ4v) is 4.15. The predicted molar refractivity (Wildman–Crippen MR) is 116 cm³/mol. The van der Waals surface area contributed by atoms with Gasteiger partial charge in [-0.05, 0) is 11.6 Å². The summed E-state index contributed by atoms with van der Waals surface area (Å²) in [5, 5.41) is 14.9. The van der Waals surface area contributed by atoms with Crippen molar-refractivity contribution < 1.29 is 24.1 Å². The van der Waals surface area contributed by atoms with Crippen molar-refractivity contribution in [2.45, 2.75) is 46.5 Å². The third kappa shape index (κ3) is 3.25. The lowest BCUT2D eigenvalue weighted by Crippen LogP contribution is -2.25. The third-order valence-corrected chi connectivity index (χ3v) is 5.74. The van der Waals surface area contributed by atoms with Crippen LogP contribution in [0.3, 0.4) is 0 Å². The first-order valence-corrected chi connectivity index (χ1v) is 10.4. The number of pyridine rings is 2. The van der Waals surface area contributed by atoms with Crippen LogP contribution in [0.4, 0.5) is 0 Å². The number of nitrogens with zero attached hydrogens (tertiary/aromatic N) is 2. The van der Waals surface area contributed by atoms with Crippen molar-refractivity contribution in [1.82, 2.24) is 14.9 Å². The van der Waals surface area contributed by atoms with Crippen molar-refractivity contribution >= 4 is 16.9 Å². The van der Waals surface area contributed by atoms with Crippen LogP contribution in [0.25, 0.3) is 22.3 Å². The van der Waals surface area contributed by atoms with Crippen molar-refractivity contribution in [3.05, 3.63) is 45.2 Å². The number of aromatic hydroxyl groups is 1. The van der Waals surface area contributed by atoms with Gasteiger partial charge in [0.25, 0.3) is 5.56 Å². The van der Waals surface area contributed by atoms with Gasteiger partial charge in [0.1, 0.15) is 12.4 Å². The van der Waals surface area contributed by atoms with Gasteiger partial charge in [-0.1, -0.05) is 13.8 Å². The van der Waals surface area contributed by atoms with Gasteiger partial charge in [-0.25, -0.2) is 4.98 Å². The van der Waals surface area contributed by atoms with Crippen LogP contribution in [0.2, 0.25) is 0 Å². The molecule has 4 heterocycles. The number of rotatable bonds is 5. The number of hydrogen-bond donors (Lipinski definition) is 2. The molecule has 2 aliphatic rings. The van der Waals surface area contributed by atoms with Crippen LogP contribution in [-0.2, 0) is 29.2 Å². The summed E-state index contributed by atoms with van der Waals surface area (Å²) in [6, 6.07) is 5.54. The second-order valence-electron chi connectivity index (χ2n) is 8.24. The van der Waals surface area contributed by atoms with Crippen molar-refractivity contribution in [1.29, 1.82) is 0 Å². The Morgan fingerprint density at radius 2 is 2.00 bits per heavy atom. The molecule has 0 aliphatic carbocycles. The molecule has 1 aromatic carbocycles. The summed E-state index contributed by atoms with van der Waals surface area (Å²) in [7, 11) is 0. The first kappa shape index (κ1) is 20.3. The molecule has 0 unspecified atom stereocenters. The fourth-order valence-electron chi connectivity index (χ4n) is 4.15. The average molecular weight is 437 g/mol. The monoisotopic (exact) mass is 437 g/mol. The van der Waals surface area contributed by atoms with E-state index in [4.69, 9.17) is 19.2 Å². The van der Waals surface area contributed by atoms with E-state index in [1.165, 1.54) is 13.0 Å². The zero-order valence-electron chi connectivity index (χ0n) is 18.0. The molecular formula is C23H23N3O6. The zero-order chi connectivity index (χ0) is 22.6. The van der Waals surface area contributed by atoms with Crippen LogP contribution in [0.15, 0.2) is 23.0 Å². The van der Waals surface area contributed by atoms with Gasteiger partial charge in [0.2, 0.25) is 6.79 Å². The summed E-state index contributed by atoms with van der Waals surface area (Å²) in [4.78, 5) is 29.1. The number of benzene rings is 1. The lowest BCUT2D eigenvalue weighted by Gasteiger charge is -2.15. The summed E-state index contributed by atoms with van der Waals surface area (Å²) in [6.07, 6.45) is 0. The largest absolute Gasteiger partial charge is 0.507 e. The van der Waals surface area contributed by atoms with Crippen LogP contribution in [-0.4, -0.2) is 33.5 Å². The molecule has 0 fully saturated rings. The quantitative estimate of drug-likeness (QED) is 0.458. The van der Waals surface area contributed by atoms with Gasteiger partial charge in [0, 0.05) is 42.6 Å². The number of carbonyl (C=O) groups excluding carboxylic acids is 1. The summed E-state index contributed by atoms with van der Waals surface area (Å²) in [5.74, 6) is 0.552. The van der Waals surface area contributed by atoms with Gasteiger partial charge in [0.15, 0.2) is 11.5 Å². The first-order chi connectivity index (χ1) is 15.3. The lowest BCUT2D eigenvalue weighted by molar-refractivity contribution is -0.142. The summed E-state index contributed by atoms with van der Waals surface area (Å²) < 4.78 is 17.6. The molecule has 9 heteroatoms. The molecule has 0 amide bonds. The minimum atomic E-state index is -0.523. The molecule has 166 valence electrons. The Balaban J connectivity index is 1.69. The predicted octanol–water partition coefficient (Wildman–Crippen LogP) is 2.42. The number of nitrogens with one attached hydrogen (secondary N) is 1. The topological polar surface area (TPSA) is 112 Å². The number of fused-ring (bicyclic) bond motifs is 5.